The lowest BCUT2D eigenvalue weighted by molar-refractivity contribution is -0.149. The predicted octanol–water partition coefficient (Wildman–Crippen LogP) is 2.32. The standard InChI is InChI=1S/C15H21NO2/c1-12-10-16(9-8-14(12)15(17)18-2)11-13-6-4-3-5-7-13/h3-7,12,14H,8-11H2,1-2H3. The Labute approximate surface area is 109 Å². The molecule has 98 valence electrons. The Morgan fingerprint density at radius 1 is 1.39 bits per heavy atom. The number of nitrogens with zero attached hydrogens (tertiary/aromatic N) is 1. The summed E-state index contributed by atoms with van der Waals surface area (Å²) in [7, 11) is 1.48. The van der Waals surface area contributed by atoms with Gasteiger partial charge in [0.25, 0.3) is 0 Å². The summed E-state index contributed by atoms with van der Waals surface area (Å²) in [6, 6.07) is 10.5. The van der Waals surface area contributed by atoms with Crippen molar-refractivity contribution in [2.45, 2.75) is 19.9 Å². The van der Waals surface area contributed by atoms with Gasteiger partial charge in [-0.3, -0.25) is 9.69 Å². The number of carbonyl (C=O) groups excluding carboxylic acids is 1. The van der Waals surface area contributed by atoms with Gasteiger partial charge in [-0.05, 0) is 24.4 Å². The summed E-state index contributed by atoms with van der Waals surface area (Å²) in [5.74, 6) is 0.388. The number of rotatable bonds is 3. The van der Waals surface area contributed by atoms with Crippen molar-refractivity contribution in [2.75, 3.05) is 20.2 Å². The van der Waals surface area contributed by atoms with Crippen molar-refractivity contribution in [3.8, 4) is 0 Å². The number of likely N-dealkylation sites (tertiary alicyclic amines) is 1. The summed E-state index contributed by atoms with van der Waals surface area (Å²) in [6.07, 6.45) is 0.903. The molecule has 0 aromatic heterocycles. The lowest BCUT2D eigenvalue weighted by Crippen LogP contribution is -2.42. The molecule has 2 atom stereocenters. The molecule has 2 rings (SSSR count). The van der Waals surface area contributed by atoms with Crippen LogP contribution in [-0.4, -0.2) is 31.1 Å². The van der Waals surface area contributed by atoms with E-state index in [2.05, 4.69) is 36.1 Å². The van der Waals surface area contributed by atoms with Crippen LogP contribution in [0, 0.1) is 11.8 Å². The van der Waals surface area contributed by atoms with Gasteiger partial charge >= 0.3 is 5.97 Å². The molecule has 1 aliphatic rings. The molecule has 1 fully saturated rings. The minimum Gasteiger partial charge on any atom is -0.469 e. The lowest BCUT2D eigenvalue weighted by atomic mass is 9.87. The van der Waals surface area contributed by atoms with Gasteiger partial charge in [-0.25, -0.2) is 0 Å². The molecule has 3 heteroatoms. The first kappa shape index (κ1) is 13.1. The molecule has 2 unspecified atom stereocenters. The van der Waals surface area contributed by atoms with Crippen LogP contribution in [0.5, 0.6) is 0 Å². The summed E-state index contributed by atoms with van der Waals surface area (Å²) in [6.45, 7) is 5.05. The molecule has 0 spiro atoms. The Balaban J connectivity index is 1.90. The van der Waals surface area contributed by atoms with Crippen LogP contribution in [-0.2, 0) is 16.1 Å². The first-order valence-electron chi connectivity index (χ1n) is 6.55. The van der Waals surface area contributed by atoms with Gasteiger partial charge in [-0.15, -0.1) is 0 Å². The normalized spacial score (nSPS) is 24.8. The van der Waals surface area contributed by atoms with Gasteiger partial charge in [0.15, 0.2) is 0 Å². The second kappa shape index (κ2) is 6.01. The molecule has 1 saturated heterocycles. The molecule has 0 amide bonds. The minimum absolute atomic E-state index is 0.0538. The second-order valence-corrected chi connectivity index (χ2v) is 5.12. The fourth-order valence-corrected chi connectivity index (χ4v) is 2.72. The average Bonchev–Trinajstić information content (AvgIpc) is 2.39. The van der Waals surface area contributed by atoms with Crippen molar-refractivity contribution in [1.29, 1.82) is 0 Å². The van der Waals surface area contributed by atoms with Gasteiger partial charge in [-0.1, -0.05) is 37.3 Å². The average molecular weight is 247 g/mol. The van der Waals surface area contributed by atoms with E-state index in [9.17, 15) is 4.79 Å². The number of piperidine rings is 1. The maximum Gasteiger partial charge on any atom is 0.309 e. The summed E-state index contributed by atoms with van der Waals surface area (Å²) >= 11 is 0. The molecule has 1 aromatic rings. The SMILES string of the molecule is COC(=O)C1CCN(Cc2ccccc2)CC1C. The van der Waals surface area contributed by atoms with Gasteiger partial charge in [0.05, 0.1) is 13.0 Å². The molecule has 1 aliphatic heterocycles. The minimum atomic E-state index is -0.0538. The van der Waals surface area contributed by atoms with Crippen LogP contribution in [0.1, 0.15) is 18.9 Å². The van der Waals surface area contributed by atoms with E-state index in [0.717, 1.165) is 26.1 Å². The van der Waals surface area contributed by atoms with Crippen molar-refractivity contribution in [3.63, 3.8) is 0 Å². The van der Waals surface area contributed by atoms with E-state index in [1.165, 1.54) is 12.7 Å². The molecule has 18 heavy (non-hydrogen) atoms. The molecule has 0 bridgehead atoms. The predicted molar refractivity (Wildman–Crippen MR) is 71.0 cm³/mol. The molecule has 0 aliphatic carbocycles. The quantitative estimate of drug-likeness (QED) is 0.768. The monoisotopic (exact) mass is 247 g/mol. The number of carbonyl (C=O) groups is 1. The van der Waals surface area contributed by atoms with Crippen LogP contribution >= 0.6 is 0 Å². The third-order valence-corrected chi connectivity index (χ3v) is 3.74. The highest BCUT2D eigenvalue weighted by Gasteiger charge is 2.31. The summed E-state index contributed by atoms with van der Waals surface area (Å²) < 4.78 is 4.86. The lowest BCUT2D eigenvalue weighted by Gasteiger charge is -2.35. The highest BCUT2D eigenvalue weighted by molar-refractivity contribution is 5.72. The first-order valence-corrected chi connectivity index (χ1v) is 6.55. The molecule has 0 saturated carbocycles. The molecular formula is C15H21NO2. The number of methoxy groups -OCH3 is 1. The Kier molecular flexibility index (Phi) is 4.37. The van der Waals surface area contributed by atoms with E-state index in [0.29, 0.717) is 5.92 Å². The Bertz CT molecular complexity index is 391. The van der Waals surface area contributed by atoms with Crippen LogP contribution < -0.4 is 0 Å². The van der Waals surface area contributed by atoms with Gasteiger partial charge in [0.1, 0.15) is 0 Å². The number of hydrogen-bond acceptors (Lipinski definition) is 3. The van der Waals surface area contributed by atoms with Crippen LogP contribution in [0.15, 0.2) is 30.3 Å². The van der Waals surface area contributed by atoms with E-state index >= 15 is 0 Å². The van der Waals surface area contributed by atoms with Crippen LogP contribution in [0.3, 0.4) is 0 Å². The number of benzene rings is 1. The topological polar surface area (TPSA) is 29.5 Å². The number of hydrogen-bond donors (Lipinski definition) is 0. The zero-order valence-corrected chi connectivity index (χ0v) is 11.1. The van der Waals surface area contributed by atoms with Gasteiger partial charge in [0, 0.05) is 13.1 Å². The zero-order chi connectivity index (χ0) is 13.0. The van der Waals surface area contributed by atoms with E-state index in [1.807, 2.05) is 6.07 Å². The largest absolute Gasteiger partial charge is 0.469 e. The van der Waals surface area contributed by atoms with Gasteiger partial charge in [-0.2, -0.15) is 0 Å². The van der Waals surface area contributed by atoms with E-state index in [4.69, 9.17) is 4.74 Å². The third kappa shape index (κ3) is 3.10. The van der Waals surface area contributed by atoms with Crippen molar-refractivity contribution in [1.82, 2.24) is 4.90 Å². The smallest absolute Gasteiger partial charge is 0.309 e. The third-order valence-electron chi connectivity index (χ3n) is 3.74. The second-order valence-electron chi connectivity index (χ2n) is 5.12. The maximum atomic E-state index is 11.6. The van der Waals surface area contributed by atoms with Crippen LogP contribution in [0.4, 0.5) is 0 Å². The van der Waals surface area contributed by atoms with E-state index < -0.39 is 0 Å². The zero-order valence-electron chi connectivity index (χ0n) is 11.1. The molecule has 3 nitrogen and oxygen atoms in total. The highest BCUT2D eigenvalue weighted by atomic mass is 16.5. The van der Waals surface area contributed by atoms with Crippen LogP contribution in [0.2, 0.25) is 0 Å². The molecule has 0 N–H and O–H groups in total. The molecule has 1 heterocycles. The van der Waals surface area contributed by atoms with E-state index in [1.54, 1.807) is 0 Å². The summed E-state index contributed by atoms with van der Waals surface area (Å²) in [4.78, 5) is 14.0. The van der Waals surface area contributed by atoms with Crippen molar-refractivity contribution in [2.24, 2.45) is 11.8 Å². The van der Waals surface area contributed by atoms with Gasteiger partial charge in [0.2, 0.25) is 0 Å². The molecular weight excluding hydrogens is 226 g/mol. The molecule has 0 radical (unpaired) electrons. The van der Waals surface area contributed by atoms with E-state index in [-0.39, 0.29) is 11.9 Å². The fourth-order valence-electron chi connectivity index (χ4n) is 2.72. The maximum absolute atomic E-state index is 11.6. The fraction of sp³-hybridized carbons (Fsp3) is 0.533. The van der Waals surface area contributed by atoms with Crippen molar-refractivity contribution < 1.29 is 9.53 Å². The van der Waals surface area contributed by atoms with Crippen molar-refractivity contribution >= 4 is 5.97 Å². The Hall–Kier alpha value is -1.35. The van der Waals surface area contributed by atoms with Crippen molar-refractivity contribution in [3.05, 3.63) is 35.9 Å². The number of ether oxygens (including phenoxy) is 1. The first-order chi connectivity index (χ1) is 8.70. The number of esters is 1. The van der Waals surface area contributed by atoms with Gasteiger partial charge < -0.3 is 4.74 Å². The highest BCUT2D eigenvalue weighted by Crippen LogP contribution is 2.25. The molecule has 1 aromatic carbocycles. The summed E-state index contributed by atoms with van der Waals surface area (Å²) in [5, 5.41) is 0. The summed E-state index contributed by atoms with van der Waals surface area (Å²) in [5.41, 5.74) is 1.33. The van der Waals surface area contributed by atoms with Crippen LogP contribution in [0.25, 0.3) is 0 Å². The Morgan fingerprint density at radius 2 is 2.11 bits per heavy atom. The Morgan fingerprint density at radius 3 is 2.72 bits per heavy atom.